The van der Waals surface area contributed by atoms with Crippen molar-refractivity contribution in [3.63, 3.8) is 0 Å². The lowest BCUT2D eigenvalue weighted by molar-refractivity contribution is -1.03. The number of hydrogen-bond acceptors (Lipinski definition) is 5. The number of fused-ring (bicyclic) bond motifs is 2. The summed E-state index contributed by atoms with van der Waals surface area (Å²) >= 11 is 0. The minimum absolute atomic E-state index is 0.127. The van der Waals surface area contributed by atoms with Crippen LogP contribution in [0.25, 0.3) is 0 Å². The monoisotopic (exact) mass is 451 g/mol. The number of anilines is 1. The van der Waals surface area contributed by atoms with E-state index in [9.17, 15) is 9.90 Å². The van der Waals surface area contributed by atoms with Gasteiger partial charge in [0.05, 0.1) is 0 Å². The third-order valence-corrected chi connectivity index (χ3v) is 8.09. The van der Waals surface area contributed by atoms with Gasteiger partial charge in [-0.1, -0.05) is 12.5 Å². The number of nitrogens with zero attached hydrogens (tertiary/aromatic N) is 3. The highest BCUT2D eigenvalue weighted by Crippen LogP contribution is 2.56. The third-order valence-electron chi connectivity index (χ3n) is 8.09. The van der Waals surface area contributed by atoms with Crippen molar-refractivity contribution in [2.24, 2.45) is 0 Å². The fourth-order valence-corrected chi connectivity index (χ4v) is 6.14. The Bertz CT molecular complexity index is 1030. The van der Waals surface area contributed by atoms with E-state index in [1.807, 2.05) is 6.07 Å². The fourth-order valence-electron chi connectivity index (χ4n) is 6.14. The van der Waals surface area contributed by atoms with Crippen molar-refractivity contribution in [3.8, 4) is 0 Å². The second-order valence-corrected chi connectivity index (χ2v) is 10.3. The molecule has 7 heteroatoms. The third kappa shape index (κ3) is 3.81. The first-order valence-corrected chi connectivity index (χ1v) is 12.3. The van der Waals surface area contributed by atoms with E-state index in [-0.39, 0.29) is 11.6 Å². The first-order valence-electron chi connectivity index (χ1n) is 12.3. The van der Waals surface area contributed by atoms with E-state index in [0.717, 1.165) is 75.3 Å². The summed E-state index contributed by atoms with van der Waals surface area (Å²) in [5.41, 5.74) is 4.22. The maximum absolute atomic E-state index is 12.2. The number of quaternary nitrogens is 1. The van der Waals surface area contributed by atoms with Gasteiger partial charge in [0.2, 0.25) is 6.04 Å². The van der Waals surface area contributed by atoms with E-state index < -0.39 is 12.0 Å². The molecule has 1 fully saturated rings. The molecule has 2 N–H and O–H groups in total. The number of carboxylic acid groups (broad SMARTS) is 1. The van der Waals surface area contributed by atoms with Crippen LogP contribution in [0.2, 0.25) is 0 Å². The van der Waals surface area contributed by atoms with Crippen LogP contribution in [0.1, 0.15) is 68.0 Å². The highest BCUT2D eigenvalue weighted by Gasteiger charge is 2.67. The van der Waals surface area contributed by atoms with Gasteiger partial charge in [0.1, 0.15) is 24.4 Å². The SMILES string of the molecule is CC1(C)c2ccncc2C(C(=O)O)[N+]12CC(OCCCCCc1ccc3c(n1)NCCC3)C2. The summed E-state index contributed by atoms with van der Waals surface area (Å²) in [6.07, 6.45) is 10.2. The van der Waals surface area contributed by atoms with Gasteiger partial charge in [-0.25, -0.2) is 9.78 Å². The molecule has 5 heterocycles. The van der Waals surface area contributed by atoms with Crippen molar-refractivity contribution in [2.75, 3.05) is 31.6 Å². The van der Waals surface area contributed by atoms with Crippen LogP contribution >= 0.6 is 0 Å². The summed E-state index contributed by atoms with van der Waals surface area (Å²) in [5.74, 6) is 0.311. The molecule has 1 unspecified atom stereocenters. The van der Waals surface area contributed by atoms with Crippen LogP contribution in [0.3, 0.4) is 0 Å². The molecule has 5 rings (SSSR count). The van der Waals surface area contributed by atoms with Crippen molar-refractivity contribution in [1.82, 2.24) is 9.97 Å². The Balaban J connectivity index is 1.08. The van der Waals surface area contributed by atoms with Crippen LogP contribution in [-0.2, 0) is 27.9 Å². The quantitative estimate of drug-likeness (QED) is 0.469. The van der Waals surface area contributed by atoms with E-state index in [0.29, 0.717) is 4.48 Å². The molecule has 0 aromatic carbocycles. The van der Waals surface area contributed by atoms with Gasteiger partial charge in [0, 0.05) is 42.4 Å². The molecule has 2 aromatic heterocycles. The first kappa shape index (κ1) is 22.3. The molecule has 7 nitrogen and oxygen atoms in total. The summed E-state index contributed by atoms with van der Waals surface area (Å²) in [6.45, 7) is 7.56. The van der Waals surface area contributed by atoms with E-state index in [1.165, 1.54) is 17.7 Å². The summed E-state index contributed by atoms with van der Waals surface area (Å²) in [6, 6.07) is 5.83. The molecule has 0 radical (unpaired) electrons. The minimum atomic E-state index is -0.765. The number of pyridine rings is 2. The zero-order valence-corrected chi connectivity index (χ0v) is 19.7. The molecule has 0 saturated carbocycles. The standard InChI is InChI=1S/C26H34N4O3/c1-26(2)22-11-13-27-15-21(22)23(25(31)32)30(26)16-20(17-30)33-14-5-3-4-8-19-10-9-18-7-6-12-28-24(18)29-19/h9-11,13,15,20,23H,3-8,12,14,16-17H2,1-2H3,(H-,28,29,31,32)/p+1. The number of hydrogen-bond donors (Lipinski definition) is 2. The van der Waals surface area contributed by atoms with Gasteiger partial charge in [-0.15, -0.1) is 0 Å². The van der Waals surface area contributed by atoms with Crippen LogP contribution in [0.15, 0.2) is 30.6 Å². The molecule has 3 aliphatic rings. The predicted octanol–water partition coefficient (Wildman–Crippen LogP) is 3.84. The number of carboxylic acids is 1. The lowest BCUT2D eigenvalue weighted by Crippen LogP contribution is -2.73. The molecule has 1 saturated heterocycles. The van der Waals surface area contributed by atoms with E-state index in [4.69, 9.17) is 9.72 Å². The van der Waals surface area contributed by atoms with Crippen LogP contribution < -0.4 is 5.32 Å². The van der Waals surface area contributed by atoms with Crippen LogP contribution in [0.4, 0.5) is 5.82 Å². The Hall–Kier alpha value is -2.51. The Morgan fingerprint density at radius 1 is 1.24 bits per heavy atom. The van der Waals surface area contributed by atoms with Gasteiger partial charge in [-0.3, -0.25) is 9.47 Å². The van der Waals surface area contributed by atoms with Gasteiger partial charge < -0.3 is 15.2 Å². The zero-order chi connectivity index (χ0) is 23.1. The number of carbonyl (C=O) groups is 1. The fraction of sp³-hybridized carbons (Fsp3) is 0.577. The number of aromatic nitrogens is 2. The molecule has 3 aliphatic heterocycles. The molecule has 0 bridgehead atoms. The van der Waals surface area contributed by atoms with E-state index in [2.05, 4.69) is 36.3 Å². The Morgan fingerprint density at radius 2 is 2.09 bits per heavy atom. The normalized spacial score (nSPS) is 26.8. The van der Waals surface area contributed by atoms with Gasteiger partial charge in [-0.05, 0) is 63.6 Å². The Labute approximate surface area is 195 Å². The predicted molar refractivity (Wildman–Crippen MR) is 126 cm³/mol. The van der Waals surface area contributed by atoms with Crippen molar-refractivity contribution in [1.29, 1.82) is 0 Å². The van der Waals surface area contributed by atoms with Gasteiger partial charge >= 0.3 is 5.97 Å². The molecular weight excluding hydrogens is 416 g/mol. The molecule has 0 amide bonds. The number of aryl methyl sites for hydroxylation is 2. The largest absolute Gasteiger partial charge is 0.477 e. The molecule has 176 valence electrons. The van der Waals surface area contributed by atoms with Gasteiger partial charge in [-0.2, -0.15) is 0 Å². The van der Waals surface area contributed by atoms with Crippen molar-refractivity contribution >= 4 is 11.8 Å². The molecule has 1 spiro atoms. The maximum atomic E-state index is 12.2. The lowest BCUT2D eigenvalue weighted by Gasteiger charge is -2.57. The number of rotatable bonds is 8. The second kappa shape index (κ2) is 8.69. The van der Waals surface area contributed by atoms with Crippen LogP contribution in [0, 0.1) is 0 Å². The summed E-state index contributed by atoms with van der Waals surface area (Å²) in [5, 5.41) is 13.4. The van der Waals surface area contributed by atoms with Crippen LogP contribution in [0.5, 0.6) is 0 Å². The number of nitrogens with one attached hydrogen (secondary N) is 1. The van der Waals surface area contributed by atoms with Gasteiger partial charge in [0.15, 0.2) is 6.10 Å². The number of aliphatic carboxylic acids is 1. The molecular formula is C26H35N4O3+. The molecule has 0 aliphatic carbocycles. The molecule has 2 aromatic rings. The van der Waals surface area contributed by atoms with E-state index in [1.54, 1.807) is 12.4 Å². The van der Waals surface area contributed by atoms with Crippen LogP contribution in [-0.4, -0.2) is 57.9 Å². The van der Waals surface area contributed by atoms with Crippen molar-refractivity contribution < 1.29 is 19.1 Å². The van der Waals surface area contributed by atoms with Crippen molar-refractivity contribution in [3.05, 3.63) is 53.0 Å². The lowest BCUT2D eigenvalue weighted by atomic mass is 9.89. The van der Waals surface area contributed by atoms with Gasteiger partial charge in [0.25, 0.3) is 0 Å². The summed E-state index contributed by atoms with van der Waals surface area (Å²) < 4.78 is 6.70. The maximum Gasteiger partial charge on any atom is 0.367 e. The summed E-state index contributed by atoms with van der Waals surface area (Å²) in [7, 11) is 0. The zero-order valence-electron chi connectivity index (χ0n) is 19.7. The minimum Gasteiger partial charge on any atom is -0.477 e. The second-order valence-electron chi connectivity index (χ2n) is 10.3. The smallest absolute Gasteiger partial charge is 0.367 e. The topological polar surface area (TPSA) is 84.3 Å². The Kier molecular flexibility index (Phi) is 5.87. The highest BCUT2D eigenvalue weighted by molar-refractivity contribution is 5.76. The number of ether oxygens (including phenoxy) is 1. The van der Waals surface area contributed by atoms with Crippen molar-refractivity contribution in [2.45, 2.75) is 70.1 Å². The number of unbranched alkanes of at least 4 members (excludes halogenated alkanes) is 2. The highest BCUT2D eigenvalue weighted by atomic mass is 16.5. The Morgan fingerprint density at radius 3 is 2.91 bits per heavy atom. The summed E-state index contributed by atoms with van der Waals surface area (Å²) in [4.78, 5) is 21.2. The first-order chi connectivity index (χ1) is 15.9. The molecule has 1 atom stereocenters. The average Bonchev–Trinajstić information content (AvgIpc) is 2.99. The molecule has 33 heavy (non-hydrogen) atoms. The average molecular weight is 452 g/mol. The van der Waals surface area contributed by atoms with E-state index >= 15 is 0 Å².